The first-order valence-electron chi connectivity index (χ1n) is 7.41. The van der Waals surface area contributed by atoms with Crippen LogP contribution in [0.1, 0.15) is 69.4 Å². The van der Waals surface area contributed by atoms with Crippen molar-refractivity contribution in [1.82, 2.24) is 4.57 Å². The topological polar surface area (TPSA) is 22.0 Å². The lowest BCUT2D eigenvalue weighted by Gasteiger charge is -2.28. The van der Waals surface area contributed by atoms with Gasteiger partial charge in [-0.1, -0.05) is 31.6 Å². The quantitative estimate of drug-likeness (QED) is 0.755. The van der Waals surface area contributed by atoms with Gasteiger partial charge in [0, 0.05) is 16.6 Å². The molecule has 1 aliphatic carbocycles. The van der Waals surface area contributed by atoms with Gasteiger partial charge >= 0.3 is 4.87 Å². The Labute approximate surface area is 121 Å². The van der Waals surface area contributed by atoms with Crippen LogP contribution >= 0.6 is 11.3 Å². The molecule has 1 aliphatic rings. The van der Waals surface area contributed by atoms with E-state index in [2.05, 4.69) is 27.7 Å². The number of fused-ring (bicyclic) bond motifs is 1. The van der Waals surface area contributed by atoms with Crippen molar-refractivity contribution in [2.75, 3.05) is 0 Å². The van der Waals surface area contributed by atoms with Crippen molar-refractivity contribution in [3.63, 3.8) is 0 Å². The molecule has 1 aromatic heterocycles. The Morgan fingerprint density at radius 3 is 2.58 bits per heavy atom. The lowest BCUT2D eigenvalue weighted by atomic mass is 9.72. The molecule has 2 unspecified atom stereocenters. The summed E-state index contributed by atoms with van der Waals surface area (Å²) in [6, 6.07) is 0.236. The highest BCUT2D eigenvalue weighted by atomic mass is 32.1. The molecule has 0 aliphatic heterocycles. The fraction of sp³-hybridized carbons (Fsp3) is 0.800. The molecule has 19 heavy (non-hydrogen) atoms. The SMILES string of the molecule is [B]C1CC(C(C)C)CCCc2c1sc(=O)n2C(C)C. The number of nitrogens with zero attached hydrogens (tertiary/aromatic N) is 1. The molecule has 0 fully saturated rings. The first-order valence-corrected chi connectivity index (χ1v) is 8.23. The first-order chi connectivity index (χ1) is 8.91. The van der Waals surface area contributed by atoms with Gasteiger partial charge in [0.05, 0.1) is 7.85 Å². The van der Waals surface area contributed by atoms with Gasteiger partial charge in [-0.25, -0.2) is 0 Å². The van der Waals surface area contributed by atoms with Crippen LogP contribution in [-0.4, -0.2) is 12.4 Å². The summed E-state index contributed by atoms with van der Waals surface area (Å²) in [6.45, 7) is 8.72. The molecule has 0 saturated carbocycles. The highest BCUT2D eigenvalue weighted by molar-refractivity contribution is 7.09. The van der Waals surface area contributed by atoms with Crippen LogP contribution in [0.3, 0.4) is 0 Å². The van der Waals surface area contributed by atoms with Crippen LogP contribution in [0.5, 0.6) is 0 Å². The van der Waals surface area contributed by atoms with Gasteiger partial charge in [-0.15, -0.1) is 0 Å². The van der Waals surface area contributed by atoms with E-state index in [1.165, 1.54) is 29.9 Å². The van der Waals surface area contributed by atoms with Crippen LogP contribution in [0.4, 0.5) is 0 Å². The molecule has 0 bridgehead atoms. The zero-order valence-corrected chi connectivity index (χ0v) is 13.3. The van der Waals surface area contributed by atoms with Gasteiger partial charge in [-0.05, 0) is 50.8 Å². The molecule has 0 aromatic carbocycles. The van der Waals surface area contributed by atoms with Gasteiger partial charge in [0.15, 0.2) is 0 Å². The van der Waals surface area contributed by atoms with Crippen molar-refractivity contribution in [2.24, 2.45) is 11.8 Å². The van der Waals surface area contributed by atoms with E-state index in [4.69, 9.17) is 7.85 Å². The summed E-state index contributed by atoms with van der Waals surface area (Å²) >= 11 is 1.37. The smallest absolute Gasteiger partial charge is 0.300 e. The number of hydrogen-bond acceptors (Lipinski definition) is 2. The maximum absolute atomic E-state index is 12.2. The number of hydrogen-bond donors (Lipinski definition) is 0. The lowest BCUT2D eigenvalue weighted by molar-refractivity contribution is 0.318. The fourth-order valence-electron chi connectivity index (χ4n) is 3.18. The summed E-state index contributed by atoms with van der Waals surface area (Å²) in [5.41, 5.74) is 1.21. The minimum Gasteiger partial charge on any atom is -0.300 e. The number of rotatable bonds is 2. The predicted molar refractivity (Wildman–Crippen MR) is 83.3 cm³/mol. The van der Waals surface area contributed by atoms with Crippen LogP contribution in [-0.2, 0) is 6.42 Å². The van der Waals surface area contributed by atoms with E-state index in [0.29, 0.717) is 11.8 Å². The monoisotopic (exact) mass is 277 g/mol. The molecule has 1 heterocycles. The van der Waals surface area contributed by atoms with Crippen LogP contribution in [0.2, 0.25) is 0 Å². The summed E-state index contributed by atoms with van der Waals surface area (Å²) in [5, 5.41) is 0. The van der Waals surface area contributed by atoms with Crippen LogP contribution in [0, 0.1) is 11.8 Å². The molecule has 4 heteroatoms. The molecule has 2 atom stereocenters. The molecular weight excluding hydrogens is 253 g/mol. The van der Waals surface area contributed by atoms with Crippen LogP contribution < -0.4 is 4.87 Å². The molecule has 104 valence electrons. The maximum atomic E-state index is 12.2. The third-order valence-corrected chi connectivity index (χ3v) is 5.44. The second-order valence-electron chi connectivity index (χ2n) is 6.38. The number of thiazole rings is 1. The molecule has 0 spiro atoms. The van der Waals surface area contributed by atoms with E-state index in [1.807, 2.05) is 4.57 Å². The molecule has 2 radical (unpaired) electrons. The molecule has 0 amide bonds. The van der Waals surface area contributed by atoms with Crippen molar-refractivity contribution in [1.29, 1.82) is 0 Å². The van der Waals surface area contributed by atoms with Crippen molar-refractivity contribution < 1.29 is 0 Å². The molecule has 0 N–H and O–H groups in total. The average molecular weight is 277 g/mol. The van der Waals surface area contributed by atoms with Gasteiger partial charge in [0.1, 0.15) is 0 Å². The largest absolute Gasteiger partial charge is 0.307 e. The highest BCUT2D eigenvalue weighted by Gasteiger charge is 2.26. The zero-order valence-electron chi connectivity index (χ0n) is 12.5. The molecule has 0 saturated heterocycles. The van der Waals surface area contributed by atoms with E-state index in [1.54, 1.807) is 0 Å². The molecule has 1 aromatic rings. The minimum absolute atomic E-state index is 0.0420. The van der Waals surface area contributed by atoms with E-state index >= 15 is 0 Å². The van der Waals surface area contributed by atoms with Crippen molar-refractivity contribution in [3.8, 4) is 0 Å². The second kappa shape index (κ2) is 5.86. The van der Waals surface area contributed by atoms with E-state index < -0.39 is 0 Å². The van der Waals surface area contributed by atoms with E-state index in [0.717, 1.165) is 17.7 Å². The molecule has 2 nitrogen and oxygen atoms in total. The lowest BCUT2D eigenvalue weighted by Crippen LogP contribution is -2.21. The first kappa shape index (κ1) is 14.9. The second-order valence-corrected chi connectivity index (χ2v) is 7.37. The van der Waals surface area contributed by atoms with Crippen molar-refractivity contribution in [3.05, 3.63) is 20.2 Å². The Bertz CT molecular complexity index is 489. The standard InChI is InChI=1S/C15H24BNOS/c1-9(2)11-6-5-7-13-14(12(16)8-11)19-15(18)17(13)10(3)4/h9-12H,5-8H2,1-4H3. The summed E-state index contributed by atoms with van der Waals surface area (Å²) < 4.78 is 1.95. The summed E-state index contributed by atoms with van der Waals surface area (Å²) in [7, 11) is 6.38. The molecular formula is C15H24BNOS. The summed E-state index contributed by atoms with van der Waals surface area (Å²) in [5.74, 6) is 1.41. The average Bonchev–Trinajstić information content (AvgIpc) is 2.62. The third-order valence-electron chi connectivity index (χ3n) is 4.31. The Morgan fingerprint density at radius 2 is 2.00 bits per heavy atom. The van der Waals surface area contributed by atoms with Crippen molar-refractivity contribution >= 4 is 19.2 Å². The highest BCUT2D eigenvalue weighted by Crippen LogP contribution is 2.36. The van der Waals surface area contributed by atoms with Crippen LogP contribution in [0.25, 0.3) is 0 Å². The van der Waals surface area contributed by atoms with Gasteiger partial charge in [-0.2, -0.15) is 0 Å². The Morgan fingerprint density at radius 1 is 1.32 bits per heavy atom. The van der Waals surface area contributed by atoms with Gasteiger partial charge in [0.25, 0.3) is 0 Å². The number of aromatic nitrogens is 1. The fourth-order valence-corrected chi connectivity index (χ4v) is 4.35. The Balaban J connectivity index is 2.38. The van der Waals surface area contributed by atoms with Gasteiger partial charge < -0.3 is 4.57 Å². The molecule has 2 rings (SSSR count). The van der Waals surface area contributed by atoms with Crippen molar-refractivity contribution in [2.45, 2.75) is 65.2 Å². The summed E-state index contributed by atoms with van der Waals surface area (Å²) in [6.07, 6.45) is 4.42. The van der Waals surface area contributed by atoms with Crippen LogP contribution in [0.15, 0.2) is 4.79 Å². The maximum Gasteiger partial charge on any atom is 0.307 e. The van der Waals surface area contributed by atoms with E-state index in [9.17, 15) is 4.79 Å². The van der Waals surface area contributed by atoms with Gasteiger partial charge in [-0.3, -0.25) is 4.79 Å². The normalized spacial score (nSPS) is 24.3. The predicted octanol–water partition coefficient (Wildman–Crippen LogP) is 3.70. The third kappa shape index (κ3) is 2.99. The Kier molecular flexibility index (Phi) is 4.60. The van der Waals surface area contributed by atoms with E-state index in [-0.39, 0.29) is 16.7 Å². The Hall–Kier alpha value is -0.505. The zero-order chi connectivity index (χ0) is 14.2. The van der Waals surface area contributed by atoms with Gasteiger partial charge in [0.2, 0.25) is 0 Å². The summed E-state index contributed by atoms with van der Waals surface area (Å²) in [4.78, 5) is 13.5. The minimum atomic E-state index is 0.0420.